The Morgan fingerprint density at radius 3 is 2.95 bits per heavy atom. The van der Waals surface area contributed by atoms with Crippen LogP contribution in [0.1, 0.15) is 38.2 Å². The maximum atomic E-state index is 3.51. The fourth-order valence-corrected chi connectivity index (χ4v) is 4.20. The first-order valence-electron chi connectivity index (χ1n) is 8.28. The largest absolute Gasteiger partial charge is 0.371 e. The summed E-state index contributed by atoms with van der Waals surface area (Å²) < 4.78 is 0. The minimum atomic E-state index is 0.757. The van der Waals surface area contributed by atoms with E-state index in [-0.39, 0.29) is 0 Å². The number of nitrogens with zero attached hydrogens (tertiary/aromatic N) is 1. The van der Waals surface area contributed by atoms with Crippen molar-refractivity contribution in [1.29, 1.82) is 0 Å². The minimum absolute atomic E-state index is 0.757. The van der Waals surface area contributed by atoms with E-state index in [2.05, 4.69) is 48.5 Å². The highest BCUT2D eigenvalue weighted by molar-refractivity contribution is 5.55. The van der Waals surface area contributed by atoms with Gasteiger partial charge in [-0.05, 0) is 56.2 Å². The van der Waals surface area contributed by atoms with Crippen molar-refractivity contribution >= 4 is 5.69 Å². The van der Waals surface area contributed by atoms with E-state index in [1.54, 1.807) is 5.56 Å². The maximum absolute atomic E-state index is 3.51. The van der Waals surface area contributed by atoms with Crippen LogP contribution in [0.3, 0.4) is 0 Å². The zero-order valence-corrected chi connectivity index (χ0v) is 12.9. The van der Waals surface area contributed by atoms with Gasteiger partial charge in [0.1, 0.15) is 0 Å². The van der Waals surface area contributed by atoms with Gasteiger partial charge in [0.2, 0.25) is 0 Å². The zero-order valence-electron chi connectivity index (χ0n) is 12.9. The molecule has 0 amide bonds. The maximum Gasteiger partial charge on any atom is 0.0398 e. The van der Waals surface area contributed by atoms with Gasteiger partial charge in [-0.25, -0.2) is 0 Å². The van der Waals surface area contributed by atoms with Gasteiger partial charge in [0, 0.05) is 24.8 Å². The summed E-state index contributed by atoms with van der Waals surface area (Å²) in [5, 5.41) is 3.51. The fourth-order valence-electron chi connectivity index (χ4n) is 4.20. The van der Waals surface area contributed by atoms with Crippen molar-refractivity contribution < 1.29 is 0 Å². The van der Waals surface area contributed by atoms with Gasteiger partial charge in [-0.3, -0.25) is 0 Å². The Balaban J connectivity index is 1.65. The second kappa shape index (κ2) is 6.17. The summed E-state index contributed by atoms with van der Waals surface area (Å²) >= 11 is 0. The van der Waals surface area contributed by atoms with Gasteiger partial charge < -0.3 is 10.2 Å². The van der Waals surface area contributed by atoms with Crippen molar-refractivity contribution in [3.05, 3.63) is 29.8 Å². The summed E-state index contributed by atoms with van der Waals surface area (Å²) in [4.78, 5) is 2.63. The molecule has 2 heteroatoms. The highest BCUT2D eigenvalue weighted by Crippen LogP contribution is 2.32. The van der Waals surface area contributed by atoms with E-state index in [4.69, 9.17) is 0 Å². The molecular formula is C18H28N2. The molecule has 1 heterocycles. The summed E-state index contributed by atoms with van der Waals surface area (Å²) in [6, 6.07) is 9.75. The normalized spacial score (nSPS) is 29.5. The average Bonchev–Trinajstić information content (AvgIpc) is 2.92. The summed E-state index contributed by atoms with van der Waals surface area (Å²) in [5.74, 6) is 1.66. The molecule has 0 bridgehead atoms. The SMILES string of the molecule is CNC1CCCC1CCN1CC(C)Cc2ccccc21. The molecule has 1 N–H and O–H groups in total. The van der Waals surface area contributed by atoms with Gasteiger partial charge >= 0.3 is 0 Å². The van der Waals surface area contributed by atoms with Crippen molar-refractivity contribution in [2.24, 2.45) is 11.8 Å². The molecule has 1 aromatic rings. The minimum Gasteiger partial charge on any atom is -0.371 e. The number of anilines is 1. The average molecular weight is 272 g/mol. The van der Waals surface area contributed by atoms with Gasteiger partial charge in [0.05, 0.1) is 0 Å². The Hall–Kier alpha value is -1.02. The van der Waals surface area contributed by atoms with Crippen molar-refractivity contribution in [1.82, 2.24) is 5.32 Å². The van der Waals surface area contributed by atoms with Crippen LogP contribution in [0.5, 0.6) is 0 Å². The van der Waals surface area contributed by atoms with E-state index < -0.39 is 0 Å². The number of nitrogens with one attached hydrogen (secondary N) is 1. The summed E-state index contributed by atoms with van der Waals surface area (Å²) in [5.41, 5.74) is 3.03. The van der Waals surface area contributed by atoms with Crippen LogP contribution in [-0.2, 0) is 6.42 Å². The molecular weight excluding hydrogens is 244 g/mol. The van der Waals surface area contributed by atoms with Crippen molar-refractivity contribution in [3.8, 4) is 0 Å². The van der Waals surface area contributed by atoms with Crippen LogP contribution in [-0.4, -0.2) is 26.2 Å². The van der Waals surface area contributed by atoms with Crippen molar-refractivity contribution in [2.45, 2.75) is 45.1 Å². The van der Waals surface area contributed by atoms with E-state index in [1.165, 1.54) is 50.9 Å². The summed E-state index contributed by atoms with van der Waals surface area (Å²) in [7, 11) is 2.13. The highest BCUT2D eigenvalue weighted by Gasteiger charge is 2.27. The van der Waals surface area contributed by atoms with Gasteiger partial charge in [-0.1, -0.05) is 31.5 Å². The first kappa shape index (κ1) is 13.9. The third-order valence-electron chi connectivity index (χ3n) is 5.23. The van der Waals surface area contributed by atoms with E-state index in [0.717, 1.165) is 17.9 Å². The Labute approximate surface area is 123 Å². The van der Waals surface area contributed by atoms with Crippen LogP contribution in [0.15, 0.2) is 24.3 Å². The molecule has 1 saturated carbocycles. The lowest BCUT2D eigenvalue weighted by Crippen LogP contribution is -2.37. The van der Waals surface area contributed by atoms with E-state index in [1.807, 2.05) is 0 Å². The van der Waals surface area contributed by atoms with E-state index in [0.29, 0.717) is 0 Å². The number of benzene rings is 1. The topological polar surface area (TPSA) is 15.3 Å². The lowest BCUT2D eigenvalue weighted by atomic mass is 9.92. The van der Waals surface area contributed by atoms with Crippen LogP contribution in [0, 0.1) is 11.8 Å². The Morgan fingerprint density at radius 1 is 1.25 bits per heavy atom. The van der Waals surface area contributed by atoms with Crippen molar-refractivity contribution in [3.63, 3.8) is 0 Å². The van der Waals surface area contributed by atoms with Gasteiger partial charge in [0.25, 0.3) is 0 Å². The molecule has 2 aliphatic rings. The van der Waals surface area contributed by atoms with Crippen LogP contribution >= 0.6 is 0 Å². The molecule has 3 unspecified atom stereocenters. The standard InChI is InChI=1S/C18H28N2/c1-14-12-16-6-3-4-9-18(16)20(13-14)11-10-15-7-5-8-17(15)19-2/h3-4,6,9,14-15,17,19H,5,7-8,10-13H2,1-2H3. The molecule has 1 aromatic carbocycles. The van der Waals surface area contributed by atoms with E-state index >= 15 is 0 Å². The molecule has 0 aromatic heterocycles. The second-order valence-corrected chi connectivity index (χ2v) is 6.76. The predicted octanol–water partition coefficient (Wildman–Crippen LogP) is 3.46. The molecule has 3 rings (SSSR count). The molecule has 3 atom stereocenters. The fraction of sp³-hybridized carbons (Fsp3) is 0.667. The number of hydrogen-bond acceptors (Lipinski definition) is 2. The first-order chi connectivity index (χ1) is 9.78. The lowest BCUT2D eigenvalue weighted by Gasteiger charge is -2.36. The zero-order chi connectivity index (χ0) is 13.9. The van der Waals surface area contributed by atoms with Gasteiger partial charge in [0.15, 0.2) is 0 Å². The second-order valence-electron chi connectivity index (χ2n) is 6.76. The van der Waals surface area contributed by atoms with E-state index in [9.17, 15) is 0 Å². The molecule has 0 radical (unpaired) electrons. The quantitative estimate of drug-likeness (QED) is 0.903. The molecule has 1 fully saturated rings. The van der Waals surface area contributed by atoms with Gasteiger partial charge in [-0.2, -0.15) is 0 Å². The van der Waals surface area contributed by atoms with Crippen molar-refractivity contribution in [2.75, 3.05) is 25.0 Å². The number of fused-ring (bicyclic) bond motifs is 1. The summed E-state index contributed by atoms with van der Waals surface area (Å²) in [6.45, 7) is 4.84. The Kier molecular flexibility index (Phi) is 4.30. The van der Waals surface area contributed by atoms with Crippen LogP contribution < -0.4 is 10.2 Å². The smallest absolute Gasteiger partial charge is 0.0398 e. The predicted molar refractivity (Wildman–Crippen MR) is 86.3 cm³/mol. The molecule has 1 aliphatic heterocycles. The van der Waals surface area contributed by atoms with Crippen LogP contribution in [0.2, 0.25) is 0 Å². The highest BCUT2D eigenvalue weighted by atomic mass is 15.1. The molecule has 2 nitrogen and oxygen atoms in total. The third kappa shape index (κ3) is 2.85. The Morgan fingerprint density at radius 2 is 2.10 bits per heavy atom. The van der Waals surface area contributed by atoms with Crippen LogP contribution in [0.4, 0.5) is 5.69 Å². The number of rotatable bonds is 4. The molecule has 20 heavy (non-hydrogen) atoms. The third-order valence-corrected chi connectivity index (χ3v) is 5.23. The van der Waals surface area contributed by atoms with Crippen LogP contribution in [0.25, 0.3) is 0 Å². The number of para-hydroxylation sites is 1. The monoisotopic (exact) mass is 272 g/mol. The molecule has 0 saturated heterocycles. The lowest BCUT2D eigenvalue weighted by molar-refractivity contribution is 0.394. The molecule has 0 spiro atoms. The Bertz CT molecular complexity index is 443. The molecule has 110 valence electrons. The molecule has 1 aliphatic carbocycles. The van der Waals surface area contributed by atoms with Gasteiger partial charge in [-0.15, -0.1) is 0 Å². The summed E-state index contributed by atoms with van der Waals surface area (Å²) in [6.07, 6.45) is 6.77. The number of hydrogen-bond donors (Lipinski definition) is 1. The first-order valence-corrected chi connectivity index (χ1v) is 8.28.